The van der Waals surface area contributed by atoms with Crippen LogP contribution in [0.1, 0.15) is 13.3 Å². The maximum absolute atomic E-state index is 9.77. The van der Waals surface area contributed by atoms with E-state index in [1.807, 2.05) is 4.90 Å². The third kappa shape index (κ3) is 2.21. The maximum atomic E-state index is 9.77. The van der Waals surface area contributed by atoms with Gasteiger partial charge in [0.2, 0.25) is 0 Å². The van der Waals surface area contributed by atoms with Gasteiger partial charge in [0.1, 0.15) is 0 Å². The minimum Gasteiger partial charge on any atom is -0.391 e. The van der Waals surface area contributed by atoms with Crippen molar-refractivity contribution in [1.82, 2.24) is 9.97 Å². The van der Waals surface area contributed by atoms with Crippen LogP contribution in [0.25, 0.3) is 0 Å². The summed E-state index contributed by atoms with van der Waals surface area (Å²) >= 11 is 5.94. The Balaban J connectivity index is 2.15. The van der Waals surface area contributed by atoms with E-state index in [-0.39, 0.29) is 6.10 Å². The van der Waals surface area contributed by atoms with Gasteiger partial charge in [-0.25, -0.2) is 9.97 Å². The Hall–Kier alpha value is -0.870. The second-order valence-corrected chi connectivity index (χ2v) is 4.31. The largest absolute Gasteiger partial charge is 0.391 e. The van der Waals surface area contributed by atoms with E-state index in [9.17, 15) is 5.11 Å². The second kappa shape index (κ2) is 4.33. The lowest BCUT2D eigenvalue weighted by atomic mass is 9.96. The van der Waals surface area contributed by atoms with Gasteiger partial charge in [-0.1, -0.05) is 18.5 Å². The zero-order valence-electron chi connectivity index (χ0n) is 8.60. The first-order chi connectivity index (χ1) is 7.18. The molecule has 2 heterocycles. The number of β-amino-alcohol motifs (C(OH)–C–C–N with tert-alkyl or cyclic N) is 1. The predicted molar refractivity (Wildman–Crippen MR) is 59.0 cm³/mol. The van der Waals surface area contributed by atoms with E-state index in [0.29, 0.717) is 23.4 Å². The summed E-state index contributed by atoms with van der Waals surface area (Å²) < 4.78 is 0. The molecule has 2 unspecified atom stereocenters. The van der Waals surface area contributed by atoms with Crippen molar-refractivity contribution >= 4 is 17.4 Å². The molecule has 0 aromatic carbocycles. The van der Waals surface area contributed by atoms with Crippen molar-refractivity contribution in [2.24, 2.45) is 5.92 Å². The molecule has 0 spiro atoms. The summed E-state index contributed by atoms with van der Waals surface area (Å²) in [6, 6.07) is 0. The molecule has 82 valence electrons. The van der Waals surface area contributed by atoms with Crippen LogP contribution in [-0.2, 0) is 0 Å². The number of nitrogens with zero attached hydrogens (tertiary/aromatic N) is 3. The van der Waals surface area contributed by atoms with E-state index >= 15 is 0 Å². The predicted octanol–water partition coefficient (Wildman–Crippen LogP) is 1.34. The van der Waals surface area contributed by atoms with Crippen molar-refractivity contribution in [2.45, 2.75) is 19.4 Å². The molecule has 1 aliphatic heterocycles. The zero-order valence-corrected chi connectivity index (χ0v) is 9.35. The molecule has 1 aliphatic rings. The van der Waals surface area contributed by atoms with Crippen molar-refractivity contribution in [2.75, 3.05) is 18.0 Å². The van der Waals surface area contributed by atoms with Crippen molar-refractivity contribution < 1.29 is 5.11 Å². The van der Waals surface area contributed by atoms with Gasteiger partial charge in [-0.2, -0.15) is 0 Å². The Kier molecular flexibility index (Phi) is 3.07. The molecule has 1 saturated heterocycles. The molecule has 0 radical (unpaired) electrons. The molecular formula is C10H14ClN3O. The fraction of sp³-hybridized carbons (Fsp3) is 0.600. The van der Waals surface area contributed by atoms with Crippen LogP contribution < -0.4 is 4.90 Å². The molecule has 2 rings (SSSR count). The van der Waals surface area contributed by atoms with Crippen LogP contribution in [-0.4, -0.2) is 34.3 Å². The molecule has 0 saturated carbocycles. The fourth-order valence-corrected chi connectivity index (χ4v) is 1.99. The summed E-state index contributed by atoms with van der Waals surface area (Å²) in [5.41, 5.74) is 0. The minimum absolute atomic E-state index is 0.308. The van der Waals surface area contributed by atoms with E-state index in [2.05, 4.69) is 16.9 Å². The van der Waals surface area contributed by atoms with Gasteiger partial charge in [0.15, 0.2) is 11.0 Å². The fourth-order valence-electron chi connectivity index (χ4n) is 1.77. The van der Waals surface area contributed by atoms with Crippen LogP contribution in [0.4, 0.5) is 5.82 Å². The van der Waals surface area contributed by atoms with Gasteiger partial charge in [0, 0.05) is 25.5 Å². The van der Waals surface area contributed by atoms with Crippen LogP contribution >= 0.6 is 11.6 Å². The lowest BCUT2D eigenvalue weighted by molar-refractivity contribution is 0.102. The van der Waals surface area contributed by atoms with E-state index in [0.717, 1.165) is 13.0 Å². The first-order valence-corrected chi connectivity index (χ1v) is 5.46. The number of aliphatic hydroxyl groups excluding tert-OH is 1. The van der Waals surface area contributed by atoms with E-state index in [4.69, 9.17) is 11.6 Å². The SMILES string of the molecule is CC1CCN(c2nccnc2Cl)CC1O. The van der Waals surface area contributed by atoms with Gasteiger partial charge in [-0.05, 0) is 12.3 Å². The van der Waals surface area contributed by atoms with E-state index in [1.54, 1.807) is 12.4 Å². The first-order valence-electron chi connectivity index (χ1n) is 5.08. The molecule has 1 aromatic rings. The van der Waals surface area contributed by atoms with Crippen molar-refractivity contribution in [1.29, 1.82) is 0 Å². The van der Waals surface area contributed by atoms with Gasteiger partial charge < -0.3 is 10.0 Å². The third-order valence-corrected chi connectivity index (χ3v) is 3.12. The first kappa shape index (κ1) is 10.6. The normalized spacial score (nSPS) is 26.7. The summed E-state index contributed by atoms with van der Waals surface area (Å²) in [7, 11) is 0. The molecule has 4 nitrogen and oxygen atoms in total. The van der Waals surface area contributed by atoms with Crippen LogP contribution in [0.2, 0.25) is 5.15 Å². The quantitative estimate of drug-likeness (QED) is 0.787. The van der Waals surface area contributed by atoms with Crippen LogP contribution in [0.3, 0.4) is 0 Å². The van der Waals surface area contributed by atoms with Gasteiger partial charge >= 0.3 is 0 Å². The smallest absolute Gasteiger partial charge is 0.171 e. The lowest BCUT2D eigenvalue weighted by Gasteiger charge is -2.35. The number of rotatable bonds is 1. The number of aliphatic hydroxyl groups is 1. The molecule has 0 amide bonds. The van der Waals surface area contributed by atoms with Gasteiger partial charge in [0.05, 0.1) is 6.10 Å². The van der Waals surface area contributed by atoms with Crippen molar-refractivity contribution in [3.8, 4) is 0 Å². The Morgan fingerprint density at radius 1 is 1.47 bits per heavy atom. The summed E-state index contributed by atoms with van der Waals surface area (Å²) in [5.74, 6) is 1.02. The molecule has 1 aromatic heterocycles. The second-order valence-electron chi connectivity index (χ2n) is 3.95. The Bertz CT molecular complexity index is 347. The average Bonchev–Trinajstić information content (AvgIpc) is 2.23. The average molecular weight is 228 g/mol. The highest BCUT2D eigenvalue weighted by Crippen LogP contribution is 2.25. The Labute approximate surface area is 93.9 Å². The number of anilines is 1. The highest BCUT2D eigenvalue weighted by molar-refractivity contribution is 6.31. The summed E-state index contributed by atoms with van der Waals surface area (Å²) in [6.45, 7) is 3.51. The monoisotopic (exact) mass is 227 g/mol. The maximum Gasteiger partial charge on any atom is 0.171 e. The van der Waals surface area contributed by atoms with Crippen LogP contribution in [0.15, 0.2) is 12.4 Å². The van der Waals surface area contributed by atoms with Crippen molar-refractivity contribution in [3.05, 3.63) is 17.5 Å². The number of hydrogen-bond donors (Lipinski definition) is 1. The lowest BCUT2D eigenvalue weighted by Crippen LogP contribution is -2.43. The van der Waals surface area contributed by atoms with Gasteiger partial charge in [-0.3, -0.25) is 0 Å². The highest BCUT2D eigenvalue weighted by atomic mass is 35.5. The molecule has 2 atom stereocenters. The molecule has 1 N–H and O–H groups in total. The molecule has 1 fully saturated rings. The molecule has 0 aliphatic carbocycles. The van der Waals surface area contributed by atoms with E-state index < -0.39 is 0 Å². The number of aromatic nitrogens is 2. The number of hydrogen-bond acceptors (Lipinski definition) is 4. The summed E-state index contributed by atoms with van der Waals surface area (Å²) in [4.78, 5) is 10.1. The van der Waals surface area contributed by atoms with Gasteiger partial charge in [-0.15, -0.1) is 0 Å². The van der Waals surface area contributed by atoms with Gasteiger partial charge in [0.25, 0.3) is 0 Å². The Morgan fingerprint density at radius 2 is 2.20 bits per heavy atom. The minimum atomic E-state index is -0.308. The van der Waals surface area contributed by atoms with Crippen LogP contribution in [0, 0.1) is 5.92 Å². The molecule has 0 bridgehead atoms. The van der Waals surface area contributed by atoms with E-state index in [1.165, 1.54) is 0 Å². The highest BCUT2D eigenvalue weighted by Gasteiger charge is 2.26. The van der Waals surface area contributed by atoms with Crippen molar-refractivity contribution in [3.63, 3.8) is 0 Å². The summed E-state index contributed by atoms with van der Waals surface area (Å²) in [5, 5.41) is 10.2. The number of piperidine rings is 1. The number of halogens is 1. The zero-order chi connectivity index (χ0) is 10.8. The topological polar surface area (TPSA) is 49.2 Å². The molecule has 5 heteroatoms. The molecular weight excluding hydrogens is 214 g/mol. The Morgan fingerprint density at radius 3 is 2.87 bits per heavy atom. The standard InChI is InChI=1S/C10H14ClN3O/c1-7-2-5-14(6-8(7)15)10-9(11)12-3-4-13-10/h3-4,7-8,15H,2,5-6H2,1H3. The summed E-state index contributed by atoms with van der Waals surface area (Å²) in [6.07, 6.45) is 3.82. The van der Waals surface area contributed by atoms with Crippen LogP contribution in [0.5, 0.6) is 0 Å². The third-order valence-electron chi connectivity index (χ3n) is 2.85. The molecule has 15 heavy (non-hydrogen) atoms.